The number of amides is 1. The molecule has 0 aliphatic heterocycles. The van der Waals surface area contributed by atoms with Gasteiger partial charge in [0.2, 0.25) is 5.91 Å². The number of carbonyl (C=O) groups is 1. The molecule has 6 nitrogen and oxygen atoms in total. The second-order valence-corrected chi connectivity index (χ2v) is 10.2. The van der Waals surface area contributed by atoms with Gasteiger partial charge >= 0.3 is 0 Å². The maximum atomic E-state index is 13.6. The number of benzene rings is 1. The standard InChI is InChI=1S/C25H36F2N4O2/c1-17(32)30-22(12-18-10-20(26)13-21(27)11-18)23(33)15-28-25(8-6-5-7-9-25)19-14-29-31(16-19)24(2,3)4/h10-11,13-14,16,22-23,28,33H,5-9,12,15H2,1-4H3,(H,30,32)/t22-,23+/m0/s1. The molecule has 2 atom stereocenters. The average molecular weight is 463 g/mol. The minimum absolute atomic E-state index is 0.117. The summed E-state index contributed by atoms with van der Waals surface area (Å²) in [5.41, 5.74) is 1.02. The van der Waals surface area contributed by atoms with E-state index in [1.165, 1.54) is 25.5 Å². The van der Waals surface area contributed by atoms with Crippen molar-refractivity contribution in [1.29, 1.82) is 0 Å². The van der Waals surface area contributed by atoms with Gasteiger partial charge in [0.25, 0.3) is 0 Å². The molecule has 8 heteroatoms. The maximum absolute atomic E-state index is 13.6. The van der Waals surface area contributed by atoms with Crippen LogP contribution < -0.4 is 10.6 Å². The van der Waals surface area contributed by atoms with Gasteiger partial charge in [-0.1, -0.05) is 19.3 Å². The predicted molar refractivity (Wildman–Crippen MR) is 124 cm³/mol. The third-order valence-corrected chi connectivity index (χ3v) is 6.41. The highest BCUT2D eigenvalue weighted by atomic mass is 19.1. The molecule has 1 fully saturated rings. The molecule has 0 spiro atoms. The SMILES string of the molecule is CC(=O)N[C@@H](Cc1cc(F)cc(F)c1)[C@H](O)CNC1(c2cnn(C(C)(C)C)c2)CCCCC1. The molecule has 0 saturated heterocycles. The number of aromatic nitrogens is 2. The molecule has 182 valence electrons. The van der Waals surface area contributed by atoms with Gasteiger partial charge in [-0.2, -0.15) is 5.10 Å². The molecular weight excluding hydrogens is 426 g/mol. The number of aliphatic hydroxyl groups is 1. The van der Waals surface area contributed by atoms with E-state index in [4.69, 9.17) is 0 Å². The van der Waals surface area contributed by atoms with Gasteiger partial charge in [-0.15, -0.1) is 0 Å². The van der Waals surface area contributed by atoms with Crippen LogP contribution in [0.3, 0.4) is 0 Å². The summed E-state index contributed by atoms with van der Waals surface area (Å²) < 4.78 is 29.2. The molecule has 1 saturated carbocycles. The minimum Gasteiger partial charge on any atom is -0.390 e. The number of carbonyl (C=O) groups excluding carboxylic acids is 1. The summed E-state index contributed by atoms with van der Waals surface area (Å²) in [5, 5.41) is 21.9. The molecule has 1 aromatic heterocycles. The molecule has 0 radical (unpaired) electrons. The monoisotopic (exact) mass is 462 g/mol. The number of aliphatic hydroxyl groups excluding tert-OH is 1. The van der Waals surface area contributed by atoms with E-state index in [0.717, 1.165) is 37.3 Å². The van der Waals surface area contributed by atoms with E-state index in [1.807, 2.05) is 10.9 Å². The molecular formula is C25H36F2N4O2. The first-order chi connectivity index (χ1) is 15.5. The normalized spacial score (nSPS) is 18.0. The first-order valence-corrected chi connectivity index (χ1v) is 11.7. The molecule has 3 N–H and O–H groups in total. The Morgan fingerprint density at radius 2 is 1.82 bits per heavy atom. The number of hydrogen-bond acceptors (Lipinski definition) is 4. The predicted octanol–water partition coefficient (Wildman–Crippen LogP) is 3.77. The second-order valence-electron chi connectivity index (χ2n) is 10.2. The van der Waals surface area contributed by atoms with E-state index < -0.39 is 23.8 Å². The molecule has 1 aliphatic rings. The number of rotatable bonds is 8. The van der Waals surface area contributed by atoms with Crippen LogP contribution in [0.4, 0.5) is 8.78 Å². The van der Waals surface area contributed by atoms with Crippen LogP contribution in [-0.4, -0.2) is 39.5 Å². The fourth-order valence-electron chi connectivity index (χ4n) is 4.63. The van der Waals surface area contributed by atoms with E-state index in [9.17, 15) is 18.7 Å². The first-order valence-electron chi connectivity index (χ1n) is 11.7. The number of hydrogen-bond donors (Lipinski definition) is 3. The molecule has 1 heterocycles. The van der Waals surface area contributed by atoms with Crippen molar-refractivity contribution >= 4 is 5.91 Å². The largest absolute Gasteiger partial charge is 0.390 e. The fourth-order valence-corrected chi connectivity index (χ4v) is 4.63. The molecule has 2 aromatic rings. The van der Waals surface area contributed by atoms with Crippen molar-refractivity contribution in [2.24, 2.45) is 0 Å². The summed E-state index contributed by atoms with van der Waals surface area (Å²) in [5.74, 6) is -1.68. The van der Waals surface area contributed by atoms with E-state index in [1.54, 1.807) is 0 Å². The Balaban J connectivity index is 1.77. The molecule has 0 unspecified atom stereocenters. The number of nitrogens with zero attached hydrogens (tertiary/aromatic N) is 2. The summed E-state index contributed by atoms with van der Waals surface area (Å²) in [7, 11) is 0. The van der Waals surface area contributed by atoms with Crippen molar-refractivity contribution in [3.63, 3.8) is 0 Å². The molecule has 1 aliphatic carbocycles. The molecule has 0 bridgehead atoms. The third kappa shape index (κ3) is 6.60. The number of nitrogens with one attached hydrogen (secondary N) is 2. The van der Waals surface area contributed by atoms with Gasteiger partial charge in [0.15, 0.2) is 0 Å². The van der Waals surface area contributed by atoms with Crippen LogP contribution in [0.5, 0.6) is 0 Å². The summed E-state index contributed by atoms with van der Waals surface area (Å²) in [4.78, 5) is 11.8. The van der Waals surface area contributed by atoms with Crippen LogP contribution in [0.15, 0.2) is 30.6 Å². The summed E-state index contributed by atoms with van der Waals surface area (Å²) in [6, 6.07) is 2.57. The van der Waals surface area contributed by atoms with Crippen LogP contribution in [0, 0.1) is 11.6 Å². The van der Waals surface area contributed by atoms with Crippen molar-refractivity contribution < 1.29 is 18.7 Å². The summed E-state index contributed by atoms with van der Waals surface area (Å²) in [6.45, 7) is 7.89. The van der Waals surface area contributed by atoms with Crippen LogP contribution in [0.2, 0.25) is 0 Å². The van der Waals surface area contributed by atoms with Crippen LogP contribution in [-0.2, 0) is 22.3 Å². The Labute approximate surface area is 194 Å². The van der Waals surface area contributed by atoms with E-state index in [2.05, 4.69) is 42.7 Å². The lowest BCUT2D eigenvalue weighted by Gasteiger charge is -2.39. The second kappa shape index (κ2) is 10.3. The van der Waals surface area contributed by atoms with E-state index >= 15 is 0 Å². The van der Waals surface area contributed by atoms with E-state index in [-0.39, 0.29) is 30.0 Å². The van der Waals surface area contributed by atoms with Gasteiger partial charge < -0.3 is 15.7 Å². The highest BCUT2D eigenvalue weighted by Crippen LogP contribution is 2.37. The molecule has 33 heavy (non-hydrogen) atoms. The Kier molecular flexibility index (Phi) is 7.90. The van der Waals surface area contributed by atoms with Crippen LogP contribution in [0.25, 0.3) is 0 Å². The van der Waals surface area contributed by atoms with Crippen molar-refractivity contribution in [2.75, 3.05) is 6.54 Å². The minimum atomic E-state index is -0.948. The maximum Gasteiger partial charge on any atom is 0.217 e. The zero-order valence-corrected chi connectivity index (χ0v) is 20.0. The van der Waals surface area contributed by atoms with Gasteiger partial charge in [-0.25, -0.2) is 8.78 Å². The van der Waals surface area contributed by atoms with Crippen LogP contribution >= 0.6 is 0 Å². The van der Waals surface area contributed by atoms with Crippen LogP contribution in [0.1, 0.15) is 70.9 Å². The Hall–Kier alpha value is -2.32. The lowest BCUT2D eigenvalue weighted by molar-refractivity contribution is -0.120. The Morgan fingerprint density at radius 3 is 2.36 bits per heavy atom. The van der Waals surface area contributed by atoms with Crippen molar-refractivity contribution in [2.45, 2.75) is 89.4 Å². The smallest absolute Gasteiger partial charge is 0.217 e. The van der Waals surface area contributed by atoms with E-state index in [0.29, 0.717) is 5.56 Å². The van der Waals surface area contributed by atoms with Gasteiger partial charge in [-0.05, 0) is 57.7 Å². The summed E-state index contributed by atoms with van der Waals surface area (Å²) in [6.07, 6.45) is 8.30. The van der Waals surface area contributed by atoms with Gasteiger partial charge in [0.05, 0.1) is 23.9 Å². The third-order valence-electron chi connectivity index (χ3n) is 6.41. The topological polar surface area (TPSA) is 79.2 Å². The highest BCUT2D eigenvalue weighted by Gasteiger charge is 2.36. The fraction of sp³-hybridized carbons (Fsp3) is 0.600. The Morgan fingerprint density at radius 1 is 1.18 bits per heavy atom. The van der Waals surface area contributed by atoms with Gasteiger partial charge in [-0.3, -0.25) is 9.48 Å². The molecule has 3 rings (SSSR count). The Bertz CT molecular complexity index is 928. The van der Waals surface area contributed by atoms with Crippen molar-refractivity contribution in [3.05, 3.63) is 53.4 Å². The first kappa shape index (κ1) is 25.3. The van der Waals surface area contributed by atoms with Gasteiger partial charge in [0.1, 0.15) is 11.6 Å². The number of halogens is 2. The quantitative estimate of drug-likeness (QED) is 0.558. The average Bonchev–Trinajstić information content (AvgIpc) is 3.23. The lowest BCUT2D eigenvalue weighted by Crippen LogP contribution is -2.53. The molecule has 1 aromatic carbocycles. The van der Waals surface area contributed by atoms with Crippen molar-refractivity contribution in [3.8, 4) is 0 Å². The lowest BCUT2D eigenvalue weighted by atomic mass is 9.77. The summed E-state index contributed by atoms with van der Waals surface area (Å²) >= 11 is 0. The molecule has 1 amide bonds. The zero-order valence-electron chi connectivity index (χ0n) is 20.0. The van der Waals surface area contributed by atoms with Gasteiger partial charge in [0, 0.05) is 36.8 Å². The highest BCUT2D eigenvalue weighted by molar-refractivity contribution is 5.73. The van der Waals surface area contributed by atoms with Crippen molar-refractivity contribution in [1.82, 2.24) is 20.4 Å². The zero-order chi connectivity index (χ0) is 24.2.